The number of nitrogens with one attached hydrogen (secondary N) is 1. The fourth-order valence-electron chi connectivity index (χ4n) is 2.94. The largest absolute Gasteiger partial charge is 0.445 e. The maximum Gasteiger partial charge on any atom is 0.412 e. The Labute approximate surface area is 166 Å². The number of cyclic esters (lactones) is 1. The summed E-state index contributed by atoms with van der Waals surface area (Å²) in [6.07, 6.45) is 0.108. The molecule has 2 amide bonds. The minimum absolute atomic E-state index is 0.246. The van der Waals surface area contributed by atoms with Gasteiger partial charge in [0.25, 0.3) is 0 Å². The van der Waals surface area contributed by atoms with Crippen molar-refractivity contribution in [2.24, 2.45) is 0 Å². The van der Waals surface area contributed by atoms with Crippen molar-refractivity contribution >= 4 is 33.8 Å². The number of anilines is 1. The molecular formula is C20H21BrN2O4. The van der Waals surface area contributed by atoms with Crippen molar-refractivity contribution in [2.75, 3.05) is 18.9 Å². The molecule has 7 heteroatoms. The highest BCUT2D eigenvalue weighted by atomic mass is 79.9. The van der Waals surface area contributed by atoms with Gasteiger partial charge in [-0.05, 0) is 30.5 Å². The topological polar surface area (TPSA) is 67.9 Å². The Hall–Kier alpha value is -2.54. The van der Waals surface area contributed by atoms with E-state index in [1.54, 1.807) is 7.05 Å². The zero-order chi connectivity index (χ0) is 19.2. The second kappa shape index (κ2) is 8.90. The van der Waals surface area contributed by atoms with E-state index in [9.17, 15) is 9.59 Å². The summed E-state index contributed by atoms with van der Waals surface area (Å²) in [6.45, 7) is 0.755. The number of nitrogens with zero attached hydrogens (tertiary/aromatic N) is 1. The molecular weight excluding hydrogens is 412 g/mol. The second-order valence-corrected chi connectivity index (χ2v) is 7.18. The molecule has 0 fully saturated rings. The molecule has 0 bridgehead atoms. The first-order chi connectivity index (χ1) is 13.0. The number of carbonyl (C=O) groups is 2. The van der Waals surface area contributed by atoms with E-state index >= 15 is 0 Å². The average Bonchev–Trinajstić information content (AvgIpc) is 2.66. The first kappa shape index (κ1) is 19.2. The van der Waals surface area contributed by atoms with Gasteiger partial charge < -0.3 is 14.4 Å². The van der Waals surface area contributed by atoms with Gasteiger partial charge >= 0.3 is 12.2 Å². The Morgan fingerprint density at radius 3 is 2.78 bits per heavy atom. The molecule has 1 heterocycles. The number of hydrogen-bond donors (Lipinski definition) is 1. The van der Waals surface area contributed by atoms with Crippen LogP contribution >= 0.6 is 15.9 Å². The van der Waals surface area contributed by atoms with Crippen LogP contribution in [0.4, 0.5) is 15.3 Å². The Balaban J connectivity index is 1.49. The van der Waals surface area contributed by atoms with Crippen molar-refractivity contribution in [3.8, 4) is 0 Å². The number of carbonyl (C=O) groups excluding carboxylic acids is 2. The number of halogens is 1. The predicted octanol–water partition coefficient (Wildman–Crippen LogP) is 5.10. The van der Waals surface area contributed by atoms with Crippen LogP contribution in [0.25, 0.3) is 0 Å². The summed E-state index contributed by atoms with van der Waals surface area (Å²) in [4.78, 5) is 25.4. The zero-order valence-corrected chi connectivity index (χ0v) is 16.6. The number of fused-ring (bicyclic) bond motifs is 1. The lowest BCUT2D eigenvalue weighted by Gasteiger charge is -2.27. The lowest BCUT2D eigenvalue weighted by Crippen LogP contribution is -2.29. The van der Waals surface area contributed by atoms with Gasteiger partial charge in [-0.25, -0.2) is 9.59 Å². The van der Waals surface area contributed by atoms with Gasteiger partial charge in [-0.2, -0.15) is 0 Å². The molecule has 1 aliphatic rings. The molecule has 2 aromatic carbocycles. The van der Waals surface area contributed by atoms with E-state index in [1.165, 1.54) is 4.90 Å². The molecule has 142 valence electrons. The van der Waals surface area contributed by atoms with Crippen LogP contribution in [0.2, 0.25) is 0 Å². The Kier molecular flexibility index (Phi) is 6.34. The molecule has 27 heavy (non-hydrogen) atoms. The Bertz CT molecular complexity index is 813. The van der Waals surface area contributed by atoms with Crippen LogP contribution in [0.3, 0.4) is 0 Å². The van der Waals surface area contributed by atoms with Crippen molar-refractivity contribution < 1.29 is 19.1 Å². The van der Waals surface area contributed by atoms with Crippen molar-refractivity contribution in [3.63, 3.8) is 0 Å². The number of amides is 2. The van der Waals surface area contributed by atoms with Crippen LogP contribution in [0.1, 0.15) is 30.1 Å². The lowest BCUT2D eigenvalue weighted by atomic mass is 10.0. The van der Waals surface area contributed by atoms with Crippen molar-refractivity contribution in [2.45, 2.75) is 25.6 Å². The van der Waals surface area contributed by atoms with Crippen LogP contribution in [0, 0.1) is 0 Å². The summed E-state index contributed by atoms with van der Waals surface area (Å²) in [5.74, 6) is 0. The van der Waals surface area contributed by atoms with Gasteiger partial charge in [-0.15, -0.1) is 0 Å². The van der Waals surface area contributed by atoms with Gasteiger partial charge in [0.05, 0.1) is 5.69 Å². The fraction of sp³-hybridized carbons (Fsp3) is 0.300. The smallest absolute Gasteiger partial charge is 0.412 e. The maximum absolute atomic E-state index is 12.1. The predicted molar refractivity (Wildman–Crippen MR) is 105 cm³/mol. The Morgan fingerprint density at radius 1 is 1.22 bits per heavy atom. The number of ether oxygens (including phenoxy) is 2. The van der Waals surface area contributed by atoms with Crippen molar-refractivity contribution in [1.82, 2.24) is 4.90 Å². The molecule has 0 aliphatic carbocycles. The molecule has 6 nitrogen and oxygen atoms in total. The number of hydrogen-bond acceptors (Lipinski definition) is 4. The van der Waals surface area contributed by atoms with Crippen LogP contribution in [-0.2, 0) is 16.1 Å². The monoisotopic (exact) mass is 432 g/mol. The van der Waals surface area contributed by atoms with Crippen LogP contribution in [0.15, 0.2) is 53.0 Å². The molecule has 1 aliphatic heterocycles. The molecule has 0 saturated carbocycles. The molecule has 0 spiro atoms. The van der Waals surface area contributed by atoms with E-state index in [4.69, 9.17) is 9.47 Å². The quantitative estimate of drug-likeness (QED) is 0.688. The molecule has 3 rings (SSSR count). The van der Waals surface area contributed by atoms with E-state index in [1.807, 2.05) is 48.5 Å². The minimum Gasteiger partial charge on any atom is -0.445 e. The van der Waals surface area contributed by atoms with E-state index < -0.39 is 6.09 Å². The first-order valence-electron chi connectivity index (χ1n) is 8.72. The summed E-state index contributed by atoms with van der Waals surface area (Å²) in [6, 6.07) is 15.2. The van der Waals surface area contributed by atoms with Gasteiger partial charge in [-0.3, -0.25) is 5.32 Å². The van der Waals surface area contributed by atoms with Crippen molar-refractivity contribution in [1.29, 1.82) is 0 Å². The highest BCUT2D eigenvalue weighted by Crippen LogP contribution is 2.38. The SMILES string of the molecule is CN(CCCC1OC(=O)Nc2cccc(Br)c21)C(=O)OCc1ccccc1. The summed E-state index contributed by atoms with van der Waals surface area (Å²) in [5, 5.41) is 2.70. The minimum atomic E-state index is -0.457. The number of benzene rings is 2. The Morgan fingerprint density at radius 2 is 2.00 bits per heavy atom. The maximum atomic E-state index is 12.1. The summed E-state index contributed by atoms with van der Waals surface area (Å²) in [7, 11) is 1.70. The van der Waals surface area contributed by atoms with E-state index in [2.05, 4.69) is 21.2 Å². The fourth-order valence-corrected chi connectivity index (χ4v) is 3.56. The highest BCUT2D eigenvalue weighted by Gasteiger charge is 2.28. The number of rotatable bonds is 6. The average molecular weight is 433 g/mol. The third-order valence-corrected chi connectivity index (χ3v) is 5.03. The third kappa shape index (κ3) is 5.01. The van der Waals surface area contributed by atoms with Gasteiger partial charge in [0.1, 0.15) is 12.7 Å². The molecule has 1 atom stereocenters. The lowest BCUT2D eigenvalue weighted by molar-refractivity contribution is 0.0893. The third-order valence-electron chi connectivity index (χ3n) is 4.34. The van der Waals surface area contributed by atoms with E-state index in [0.29, 0.717) is 19.4 Å². The highest BCUT2D eigenvalue weighted by molar-refractivity contribution is 9.10. The summed E-state index contributed by atoms with van der Waals surface area (Å²) >= 11 is 3.51. The van der Waals surface area contributed by atoms with Gasteiger partial charge in [0, 0.05) is 23.6 Å². The molecule has 1 unspecified atom stereocenters. The standard InChI is InChI=1S/C20H21BrN2O4/c1-23(20(25)26-13-14-7-3-2-4-8-14)12-6-11-17-18-15(21)9-5-10-16(18)22-19(24)27-17/h2-5,7-10,17H,6,11-13H2,1H3,(H,22,24). The van der Waals surface area contributed by atoms with Gasteiger partial charge in [-0.1, -0.05) is 52.3 Å². The van der Waals surface area contributed by atoms with Crippen molar-refractivity contribution in [3.05, 3.63) is 64.1 Å². The summed E-state index contributed by atoms with van der Waals surface area (Å²) in [5.41, 5.74) is 2.62. The molecule has 0 radical (unpaired) electrons. The molecule has 2 aromatic rings. The second-order valence-electron chi connectivity index (χ2n) is 6.32. The van der Waals surface area contributed by atoms with E-state index in [0.717, 1.165) is 21.3 Å². The molecule has 1 N–H and O–H groups in total. The van der Waals surface area contributed by atoms with Crippen LogP contribution in [-0.4, -0.2) is 30.7 Å². The van der Waals surface area contributed by atoms with E-state index in [-0.39, 0.29) is 18.8 Å². The zero-order valence-electron chi connectivity index (χ0n) is 15.0. The van der Waals surface area contributed by atoms with Gasteiger partial charge in [0.2, 0.25) is 0 Å². The van der Waals surface area contributed by atoms with Crippen LogP contribution < -0.4 is 5.32 Å². The van der Waals surface area contributed by atoms with Gasteiger partial charge in [0.15, 0.2) is 0 Å². The first-order valence-corrected chi connectivity index (χ1v) is 9.52. The summed E-state index contributed by atoms with van der Waals surface area (Å²) < 4.78 is 11.6. The van der Waals surface area contributed by atoms with Crippen LogP contribution in [0.5, 0.6) is 0 Å². The molecule has 0 aromatic heterocycles. The molecule has 0 saturated heterocycles. The normalized spacial score (nSPS) is 15.3.